The molecule has 28 heavy (non-hydrogen) atoms. The highest BCUT2D eigenvalue weighted by atomic mass is 16.2. The van der Waals surface area contributed by atoms with Crippen molar-refractivity contribution in [2.45, 2.75) is 33.4 Å². The summed E-state index contributed by atoms with van der Waals surface area (Å²) >= 11 is 0. The zero-order valence-corrected chi connectivity index (χ0v) is 17.0. The van der Waals surface area contributed by atoms with Crippen molar-refractivity contribution in [3.8, 4) is 0 Å². The van der Waals surface area contributed by atoms with Crippen LogP contribution < -0.4 is 15.1 Å². The van der Waals surface area contributed by atoms with Gasteiger partial charge in [-0.15, -0.1) is 0 Å². The number of anilines is 1. The number of rotatable bonds is 6. The van der Waals surface area contributed by atoms with Gasteiger partial charge in [0.1, 0.15) is 32.7 Å². The molecule has 0 spiro atoms. The highest BCUT2D eigenvalue weighted by Gasteiger charge is 2.31. The Morgan fingerprint density at radius 2 is 1.75 bits per heavy atom. The molecule has 2 aromatic carbocycles. The number of carbonyl (C=O) groups is 2. The van der Waals surface area contributed by atoms with Gasteiger partial charge in [0.15, 0.2) is 11.8 Å². The van der Waals surface area contributed by atoms with Crippen LogP contribution in [0.15, 0.2) is 48.5 Å². The van der Waals surface area contributed by atoms with E-state index in [0.29, 0.717) is 11.3 Å². The van der Waals surface area contributed by atoms with Gasteiger partial charge in [-0.05, 0) is 32.9 Å². The molecule has 1 fully saturated rings. The molecule has 0 bridgehead atoms. The Bertz CT molecular complexity index is 841. The largest absolute Gasteiger partial charge is 0.322 e. The molecule has 5 nitrogen and oxygen atoms in total. The number of amides is 1. The lowest BCUT2D eigenvalue weighted by Gasteiger charge is -2.32. The monoisotopic (exact) mass is 381 g/mol. The number of benzene rings is 2. The van der Waals surface area contributed by atoms with E-state index in [2.05, 4.69) is 36.5 Å². The molecule has 3 rings (SSSR count). The number of quaternary nitrogens is 2. The summed E-state index contributed by atoms with van der Waals surface area (Å²) in [6, 6.07) is 15.7. The summed E-state index contributed by atoms with van der Waals surface area (Å²) in [5.41, 5.74) is 3.99. The second kappa shape index (κ2) is 9.13. The molecule has 1 aliphatic rings. The van der Waals surface area contributed by atoms with Crippen LogP contribution in [0.4, 0.5) is 5.69 Å². The second-order valence-corrected chi connectivity index (χ2v) is 7.92. The van der Waals surface area contributed by atoms with Gasteiger partial charge in [-0.2, -0.15) is 0 Å². The number of nitrogens with one attached hydrogen (secondary N) is 3. The van der Waals surface area contributed by atoms with Crippen molar-refractivity contribution < 1.29 is 19.4 Å². The molecule has 0 aromatic heterocycles. The Morgan fingerprint density at radius 3 is 2.43 bits per heavy atom. The maximum atomic E-state index is 12.7. The van der Waals surface area contributed by atoms with Gasteiger partial charge in [0, 0.05) is 16.8 Å². The topological polar surface area (TPSA) is 55.0 Å². The molecule has 1 amide bonds. The van der Waals surface area contributed by atoms with Gasteiger partial charge in [0.05, 0.1) is 0 Å². The molecule has 0 saturated carbocycles. The van der Waals surface area contributed by atoms with E-state index < -0.39 is 0 Å². The number of hydrogen-bond acceptors (Lipinski definition) is 2. The van der Waals surface area contributed by atoms with E-state index >= 15 is 0 Å². The lowest BCUT2D eigenvalue weighted by molar-refractivity contribution is -1.02. The van der Waals surface area contributed by atoms with E-state index in [0.717, 1.165) is 32.7 Å². The number of Topliss-reactive ketones (excluding diaryl/α,β-unsaturated/α-hetero) is 1. The number of piperazine rings is 1. The average Bonchev–Trinajstić information content (AvgIpc) is 2.68. The van der Waals surface area contributed by atoms with Gasteiger partial charge in [0.25, 0.3) is 5.91 Å². The van der Waals surface area contributed by atoms with E-state index in [9.17, 15) is 9.59 Å². The van der Waals surface area contributed by atoms with Crippen molar-refractivity contribution in [2.75, 3.05) is 31.5 Å². The van der Waals surface area contributed by atoms with Crippen LogP contribution in [0.25, 0.3) is 0 Å². The van der Waals surface area contributed by atoms with E-state index in [1.165, 1.54) is 23.0 Å². The predicted molar refractivity (Wildman–Crippen MR) is 111 cm³/mol. The lowest BCUT2D eigenvalue weighted by Crippen LogP contribution is -3.29. The van der Waals surface area contributed by atoms with Crippen LogP contribution in [0.2, 0.25) is 0 Å². The first-order chi connectivity index (χ1) is 13.4. The summed E-state index contributed by atoms with van der Waals surface area (Å²) in [4.78, 5) is 27.1. The summed E-state index contributed by atoms with van der Waals surface area (Å²) in [5, 5.41) is 2.97. The van der Waals surface area contributed by atoms with Crippen molar-refractivity contribution in [3.63, 3.8) is 0 Å². The lowest BCUT2D eigenvalue weighted by atomic mass is 10.1. The molecule has 0 unspecified atom stereocenters. The van der Waals surface area contributed by atoms with Crippen LogP contribution in [0.1, 0.15) is 35.3 Å². The standard InChI is InChI=1S/C23H29N3O2/c1-17-6-4-7-20(14-17)16-25-10-12-26(13-11-25)18(2)23(28)24-22-9-5-8-21(15-22)19(3)27/h4-9,14-15,18H,10-13,16H2,1-3H3,(H,24,28)/p+2/t18-/m0/s1. The fourth-order valence-electron chi connectivity index (χ4n) is 3.90. The van der Waals surface area contributed by atoms with Gasteiger partial charge >= 0.3 is 0 Å². The Hall–Kier alpha value is -2.50. The summed E-state index contributed by atoms with van der Waals surface area (Å²) in [5.74, 6) is 0.0142. The van der Waals surface area contributed by atoms with Gasteiger partial charge in [-0.3, -0.25) is 9.59 Å². The third-order valence-corrected chi connectivity index (χ3v) is 5.68. The zero-order valence-electron chi connectivity index (χ0n) is 17.0. The molecule has 3 N–H and O–H groups in total. The summed E-state index contributed by atoms with van der Waals surface area (Å²) < 4.78 is 0. The Balaban J connectivity index is 1.51. The number of hydrogen-bond donors (Lipinski definition) is 3. The SMILES string of the molecule is CC(=O)c1cccc(NC(=O)[C@H](C)[NH+]2CC[NH+](Cc3cccc(C)c3)CC2)c1. The molecular formula is C23H31N3O2+2. The first kappa shape index (κ1) is 20.2. The first-order valence-corrected chi connectivity index (χ1v) is 10.1. The fraction of sp³-hybridized carbons (Fsp3) is 0.391. The summed E-state index contributed by atoms with van der Waals surface area (Å²) in [6.45, 7) is 10.8. The molecule has 148 valence electrons. The van der Waals surface area contributed by atoms with Gasteiger partial charge in [0.2, 0.25) is 0 Å². The molecular weight excluding hydrogens is 350 g/mol. The Labute approximate surface area is 167 Å². The Morgan fingerprint density at radius 1 is 1.04 bits per heavy atom. The van der Waals surface area contributed by atoms with Crippen molar-refractivity contribution >= 4 is 17.4 Å². The van der Waals surface area contributed by atoms with Crippen LogP contribution >= 0.6 is 0 Å². The predicted octanol–water partition coefficient (Wildman–Crippen LogP) is 0.508. The molecule has 1 atom stereocenters. The molecule has 2 aromatic rings. The number of ketones is 1. The smallest absolute Gasteiger partial charge is 0.282 e. The van der Waals surface area contributed by atoms with Gasteiger partial charge in [-0.25, -0.2) is 0 Å². The zero-order chi connectivity index (χ0) is 20.1. The quantitative estimate of drug-likeness (QED) is 0.639. The van der Waals surface area contributed by atoms with Crippen molar-refractivity contribution in [1.29, 1.82) is 0 Å². The van der Waals surface area contributed by atoms with Crippen molar-refractivity contribution in [2.24, 2.45) is 0 Å². The number of aryl methyl sites for hydroxylation is 1. The van der Waals surface area contributed by atoms with Gasteiger partial charge in [-0.1, -0.05) is 42.0 Å². The number of carbonyl (C=O) groups excluding carboxylic acids is 2. The fourth-order valence-corrected chi connectivity index (χ4v) is 3.90. The third kappa shape index (κ3) is 5.27. The van der Waals surface area contributed by atoms with E-state index in [1.54, 1.807) is 23.1 Å². The van der Waals surface area contributed by atoms with Crippen molar-refractivity contribution in [3.05, 3.63) is 65.2 Å². The maximum Gasteiger partial charge on any atom is 0.282 e. The van der Waals surface area contributed by atoms with E-state index in [1.807, 2.05) is 13.0 Å². The maximum absolute atomic E-state index is 12.7. The molecule has 1 saturated heterocycles. The van der Waals surface area contributed by atoms with Crippen LogP contribution in [-0.4, -0.2) is 43.9 Å². The first-order valence-electron chi connectivity index (χ1n) is 10.1. The highest BCUT2D eigenvalue weighted by molar-refractivity contribution is 5.97. The second-order valence-electron chi connectivity index (χ2n) is 7.92. The van der Waals surface area contributed by atoms with E-state index in [4.69, 9.17) is 0 Å². The molecule has 5 heteroatoms. The third-order valence-electron chi connectivity index (χ3n) is 5.68. The molecule has 0 radical (unpaired) electrons. The van der Waals surface area contributed by atoms with Crippen LogP contribution in [0.3, 0.4) is 0 Å². The van der Waals surface area contributed by atoms with Crippen LogP contribution in [-0.2, 0) is 11.3 Å². The normalized spacial score (nSPS) is 20.4. The summed E-state index contributed by atoms with van der Waals surface area (Å²) in [6.07, 6.45) is 0. The molecule has 1 aliphatic heterocycles. The van der Waals surface area contributed by atoms with Gasteiger partial charge < -0.3 is 15.1 Å². The van der Waals surface area contributed by atoms with Crippen molar-refractivity contribution in [1.82, 2.24) is 0 Å². The Kier molecular flexibility index (Phi) is 6.60. The molecule has 1 heterocycles. The molecule has 0 aliphatic carbocycles. The summed E-state index contributed by atoms with van der Waals surface area (Å²) in [7, 11) is 0. The van der Waals surface area contributed by atoms with E-state index in [-0.39, 0.29) is 17.7 Å². The minimum atomic E-state index is -0.110. The van der Waals surface area contributed by atoms with Crippen LogP contribution in [0, 0.1) is 6.92 Å². The minimum Gasteiger partial charge on any atom is -0.322 e. The minimum absolute atomic E-state index is 0.00230. The average molecular weight is 382 g/mol. The highest BCUT2D eigenvalue weighted by Crippen LogP contribution is 2.11. The van der Waals surface area contributed by atoms with Crippen LogP contribution in [0.5, 0.6) is 0 Å².